The van der Waals surface area contributed by atoms with Crippen molar-refractivity contribution in [3.05, 3.63) is 57.8 Å². The number of halogens is 2. The van der Waals surface area contributed by atoms with Crippen LogP contribution in [0.25, 0.3) is 0 Å². The van der Waals surface area contributed by atoms with E-state index in [0.717, 1.165) is 11.1 Å². The largest absolute Gasteiger partial charge is 0.487 e. The summed E-state index contributed by atoms with van der Waals surface area (Å²) in [5.74, 6) is 0.647. The molecule has 1 aromatic heterocycles. The van der Waals surface area contributed by atoms with E-state index < -0.39 is 0 Å². The van der Waals surface area contributed by atoms with Gasteiger partial charge in [-0.2, -0.15) is 0 Å². The van der Waals surface area contributed by atoms with E-state index in [1.54, 1.807) is 18.5 Å². The van der Waals surface area contributed by atoms with Gasteiger partial charge in [-0.05, 0) is 48.4 Å². The summed E-state index contributed by atoms with van der Waals surface area (Å²) in [7, 11) is 0. The highest BCUT2D eigenvalue weighted by Crippen LogP contribution is 2.33. The molecule has 100 valence electrons. The Morgan fingerprint density at radius 3 is 2.58 bits per heavy atom. The number of hydrogen-bond donors (Lipinski definition) is 1. The first-order chi connectivity index (χ1) is 9.20. The minimum absolute atomic E-state index is 0.432. The van der Waals surface area contributed by atoms with Crippen LogP contribution in [-0.2, 0) is 13.0 Å². The van der Waals surface area contributed by atoms with Crippen LogP contribution in [0.15, 0.2) is 36.7 Å². The normalized spacial score (nSPS) is 10.5. The zero-order chi connectivity index (χ0) is 13.7. The molecule has 0 fully saturated rings. The molecule has 0 saturated carbocycles. The summed E-state index contributed by atoms with van der Waals surface area (Å²) >= 11 is 12.2. The maximum absolute atomic E-state index is 6.17. The number of pyridine rings is 1. The maximum Gasteiger partial charge on any atom is 0.141 e. The Bertz CT molecular complexity index is 547. The molecule has 0 atom stereocenters. The summed E-state index contributed by atoms with van der Waals surface area (Å²) < 4.78 is 5.79. The van der Waals surface area contributed by atoms with Crippen molar-refractivity contribution in [1.29, 1.82) is 0 Å². The zero-order valence-electron chi connectivity index (χ0n) is 10.3. The quantitative estimate of drug-likeness (QED) is 0.919. The van der Waals surface area contributed by atoms with Crippen molar-refractivity contribution in [3.8, 4) is 5.75 Å². The van der Waals surface area contributed by atoms with Gasteiger partial charge in [-0.1, -0.05) is 23.2 Å². The highest BCUT2D eigenvalue weighted by Gasteiger charge is 2.10. The Hall–Kier alpha value is -1.29. The molecule has 0 radical (unpaired) electrons. The summed E-state index contributed by atoms with van der Waals surface area (Å²) in [4.78, 5) is 3.96. The molecule has 0 amide bonds. The Kier molecular flexibility index (Phi) is 5.02. The molecular formula is C14H14Cl2N2O. The predicted octanol–water partition coefficient (Wildman–Crippen LogP) is 3.47. The lowest BCUT2D eigenvalue weighted by molar-refractivity contribution is 0.303. The lowest BCUT2D eigenvalue weighted by atomic mass is 10.1. The molecule has 0 aliphatic heterocycles. The second-order valence-corrected chi connectivity index (χ2v) is 4.90. The van der Waals surface area contributed by atoms with Crippen LogP contribution in [0.5, 0.6) is 5.75 Å². The number of nitrogens with two attached hydrogens (primary N) is 1. The summed E-state index contributed by atoms with van der Waals surface area (Å²) in [6, 6.07) is 7.30. The van der Waals surface area contributed by atoms with Crippen LogP contribution in [0.4, 0.5) is 0 Å². The van der Waals surface area contributed by atoms with Crippen molar-refractivity contribution in [2.75, 3.05) is 6.54 Å². The third kappa shape index (κ3) is 3.83. The first kappa shape index (κ1) is 14.1. The van der Waals surface area contributed by atoms with Gasteiger partial charge in [-0.15, -0.1) is 0 Å². The summed E-state index contributed by atoms with van der Waals surface area (Å²) in [5.41, 5.74) is 7.54. The molecule has 3 nitrogen and oxygen atoms in total. The van der Waals surface area contributed by atoms with Gasteiger partial charge in [0.15, 0.2) is 0 Å². The number of benzene rings is 1. The minimum Gasteiger partial charge on any atom is -0.487 e. The average Bonchev–Trinajstić information content (AvgIpc) is 2.39. The van der Waals surface area contributed by atoms with E-state index in [2.05, 4.69) is 4.98 Å². The molecule has 0 aliphatic rings. The van der Waals surface area contributed by atoms with Crippen molar-refractivity contribution in [2.24, 2.45) is 5.73 Å². The summed E-state index contributed by atoms with van der Waals surface area (Å²) in [6.45, 7) is 0.948. The smallest absolute Gasteiger partial charge is 0.141 e. The Morgan fingerprint density at radius 2 is 1.89 bits per heavy atom. The number of ether oxygens (including phenoxy) is 1. The van der Waals surface area contributed by atoms with E-state index >= 15 is 0 Å². The average molecular weight is 297 g/mol. The van der Waals surface area contributed by atoms with Crippen LogP contribution in [-0.4, -0.2) is 11.5 Å². The summed E-state index contributed by atoms with van der Waals surface area (Å²) in [6.07, 6.45) is 4.12. The topological polar surface area (TPSA) is 48.1 Å². The van der Waals surface area contributed by atoms with Crippen molar-refractivity contribution >= 4 is 23.2 Å². The Balaban J connectivity index is 2.19. The lowest BCUT2D eigenvalue weighted by Crippen LogP contribution is -2.06. The molecule has 5 heteroatoms. The standard InChI is InChI=1S/C14H14Cl2N2O/c15-12-7-11(1-4-17)14(13(16)8-12)19-9-10-2-5-18-6-3-10/h2-3,5-8H,1,4,9,17H2. The zero-order valence-corrected chi connectivity index (χ0v) is 11.8. The van der Waals surface area contributed by atoms with E-state index in [-0.39, 0.29) is 0 Å². The second-order valence-electron chi connectivity index (χ2n) is 4.06. The van der Waals surface area contributed by atoms with Crippen LogP contribution in [0.3, 0.4) is 0 Å². The van der Waals surface area contributed by atoms with Crippen LogP contribution < -0.4 is 10.5 Å². The van der Waals surface area contributed by atoms with Crippen molar-refractivity contribution in [1.82, 2.24) is 4.98 Å². The van der Waals surface area contributed by atoms with Gasteiger partial charge in [0.05, 0.1) is 5.02 Å². The number of rotatable bonds is 5. The molecule has 0 bridgehead atoms. The third-order valence-corrected chi connectivity index (χ3v) is 3.13. The predicted molar refractivity (Wildman–Crippen MR) is 77.8 cm³/mol. The first-order valence-corrected chi connectivity index (χ1v) is 6.66. The van der Waals surface area contributed by atoms with E-state index in [0.29, 0.717) is 35.4 Å². The third-order valence-electron chi connectivity index (χ3n) is 2.63. The highest BCUT2D eigenvalue weighted by atomic mass is 35.5. The van der Waals surface area contributed by atoms with Gasteiger partial charge < -0.3 is 10.5 Å². The van der Waals surface area contributed by atoms with Crippen molar-refractivity contribution < 1.29 is 4.74 Å². The fourth-order valence-corrected chi connectivity index (χ4v) is 2.34. The molecule has 0 spiro atoms. The molecule has 1 aromatic carbocycles. The number of aromatic nitrogens is 1. The second kappa shape index (κ2) is 6.75. The van der Waals surface area contributed by atoms with Crippen molar-refractivity contribution in [2.45, 2.75) is 13.0 Å². The Labute approximate surface area is 122 Å². The molecule has 19 heavy (non-hydrogen) atoms. The van der Waals surface area contributed by atoms with E-state index in [1.165, 1.54) is 0 Å². The maximum atomic E-state index is 6.17. The molecule has 0 saturated heterocycles. The minimum atomic E-state index is 0.432. The summed E-state index contributed by atoms with van der Waals surface area (Å²) in [5, 5.41) is 1.09. The highest BCUT2D eigenvalue weighted by molar-refractivity contribution is 6.35. The van der Waals surface area contributed by atoms with Gasteiger partial charge in [0.1, 0.15) is 12.4 Å². The fourth-order valence-electron chi connectivity index (χ4n) is 1.75. The van der Waals surface area contributed by atoms with Gasteiger partial charge in [-0.3, -0.25) is 4.98 Å². The molecular weight excluding hydrogens is 283 g/mol. The monoisotopic (exact) mass is 296 g/mol. The molecule has 2 N–H and O–H groups in total. The van der Waals surface area contributed by atoms with Gasteiger partial charge in [-0.25, -0.2) is 0 Å². The molecule has 0 unspecified atom stereocenters. The molecule has 1 heterocycles. The van der Waals surface area contributed by atoms with Crippen LogP contribution in [0, 0.1) is 0 Å². The van der Waals surface area contributed by atoms with E-state index in [4.69, 9.17) is 33.7 Å². The van der Waals surface area contributed by atoms with Gasteiger partial charge in [0.2, 0.25) is 0 Å². The number of nitrogens with zero attached hydrogens (tertiary/aromatic N) is 1. The van der Waals surface area contributed by atoms with Crippen LogP contribution in [0.1, 0.15) is 11.1 Å². The van der Waals surface area contributed by atoms with Gasteiger partial charge in [0, 0.05) is 17.4 Å². The van der Waals surface area contributed by atoms with Crippen LogP contribution in [0.2, 0.25) is 10.0 Å². The first-order valence-electron chi connectivity index (χ1n) is 5.90. The van der Waals surface area contributed by atoms with Gasteiger partial charge >= 0.3 is 0 Å². The SMILES string of the molecule is NCCc1cc(Cl)cc(Cl)c1OCc1ccncc1. The van der Waals surface area contributed by atoms with Crippen LogP contribution >= 0.6 is 23.2 Å². The molecule has 0 aliphatic carbocycles. The van der Waals surface area contributed by atoms with Crippen molar-refractivity contribution in [3.63, 3.8) is 0 Å². The Morgan fingerprint density at radius 1 is 1.16 bits per heavy atom. The number of hydrogen-bond acceptors (Lipinski definition) is 3. The van der Waals surface area contributed by atoms with Gasteiger partial charge in [0.25, 0.3) is 0 Å². The van der Waals surface area contributed by atoms with E-state index in [1.807, 2.05) is 18.2 Å². The fraction of sp³-hybridized carbons (Fsp3) is 0.214. The van der Waals surface area contributed by atoms with E-state index in [9.17, 15) is 0 Å². The molecule has 2 aromatic rings. The lowest BCUT2D eigenvalue weighted by Gasteiger charge is -2.13. The molecule has 2 rings (SSSR count).